The smallest absolute Gasteiger partial charge is 0.243 e. The average Bonchev–Trinajstić information content (AvgIpc) is 3.51. The number of hydrogen-bond donors (Lipinski definition) is 0. The highest BCUT2D eigenvalue weighted by Crippen LogP contribution is 2.34. The van der Waals surface area contributed by atoms with Crippen LogP contribution in [0.25, 0.3) is 27.6 Å². The molecule has 0 saturated carbocycles. The molecular weight excluding hydrogens is 579 g/mol. The number of sulfonamides is 1. The summed E-state index contributed by atoms with van der Waals surface area (Å²) in [5.41, 5.74) is 2.71. The summed E-state index contributed by atoms with van der Waals surface area (Å²) < 4.78 is 44.4. The summed E-state index contributed by atoms with van der Waals surface area (Å²) in [6.07, 6.45) is 3.60. The Kier molecular flexibility index (Phi) is 6.27. The van der Waals surface area contributed by atoms with Gasteiger partial charge in [0.1, 0.15) is 11.5 Å². The van der Waals surface area contributed by atoms with Crippen LogP contribution in [0.2, 0.25) is 0 Å². The van der Waals surface area contributed by atoms with E-state index < -0.39 is 10.0 Å². The molecule has 4 heterocycles. The first-order valence-corrected chi connectivity index (χ1v) is 14.6. The lowest BCUT2D eigenvalue weighted by Crippen LogP contribution is -2.49. The molecule has 0 amide bonds. The molecule has 2 aromatic carbocycles. The van der Waals surface area contributed by atoms with E-state index in [2.05, 4.69) is 20.9 Å². The third-order valence-corrected chi connectivity index (χ3v) is 9.42. The Balaban J connectivity index is 1.28. The van der Waals surface area contributed by atoms with Crippen LogP contribution in [0.15, 0.2) is 81.7 Å². The van der Waals surface area contributed by atoms with E-state index in [4.69, 9.17) is 9.97 Å². The number of aromatic nitrogens is 4. The fourth-order valence-electron chi connectivity index (χ4n) is 4.38. The number of thiazole rings is 1. The number of hydrogen-bond acceptors (Lipinski definition) is 7. The molecular formula is C25H20BrFN6O2S2. The molecule has 1 aliphatic heterocycles. The van der Waals surface area contributed by atoms with Crippen LogP contribution in [0, 0.1) is 5.82 Å². The predicted octanol–water partition coefficient (Wildman–Crippen LogP) is 4.93. The number of piperazine rings is 1. The van der Waals surface area contributed by atoms with Crippen LogP contribution in [0.5, 0.6) is 0 Å². The van der Waals surface area contributed by atoms with Crippen molar-refractivity contribution in [1.82, 2.24) is 23.7 Å². The number of fused-ring (bicyclic) bond motifs is 1. The minimum absolute atomic E-state index is 0.271. The zero-order valence-electron chi connectivity index (χ0n) is 19.3. The predicted molar refractivity (Wildman–Crippen MR) is 145 cm³/mol. The third-order valence-electron chi connectivity index (χ3n) is 6.22. The second-order valence-electron chi connectivity index (χ2n) is 8.46. The number of halogens is 2. The minimum Gasteiger partial charge on any atom is -0.338 e. The minimum atomic E-state index is -3.58. The van der Waals surface area contributed by atoms with Crippen molar-refractivity contribution in [1.29, 1.82) is 0 Å². The monoisotopic (exact) mass is 598 g/mol. The average molecular weight is 600 g/mol. The summed E-state index contributed by atoms with van der Waals surface area (Å²) in [5, 5.41) is 1.94. The van der Waals surface area contributed by atoms with E-state index in [-0.39, 0.29) is 10.7 Å². The molecule has 0 unspecified atom stereocenters. The van der Waals surface area contributed by atoms with E-state index in [0.29, 0.717) is 49.1 Å². The first-order valence-electron chi connectivity index (χ1n) is 11.5. The second kappa shape index (κ2) is 9.60. The van der Waals surface area contributed by atoms with Crippen molar-refractivity contribution in [3.05, 3.63) is 82.7 Å². The summed E-state index contributed by atoms with van der Waals surface area (Å²) in [7, 11) is -3.58. The van der Waals surface area contributed by atoms with Gasteiger partial charge in [0, 0.05) is 54.0 Å². The zero-order chi connectivity index (χ0) is 25.6. The van der Waals surface area contributed by atoms with E-state index in [1.807, 2.05) is 33.0 Å². The number of imidazole rings is 1. The van der Waals surface area contributed by atoms with Crippen LogP contribution in [-0.4, -0.2) is 58.3 Å². The lowest BCUT2D eigenvalue weighted by Gasteiger charge is -2.34. The summed E-state index contributed by atoms with van der Waals surface area (Å²) in [6, 6.07) is 14.8. The Bertz CT molecular complexity index is 1700. The van der Waals surface area contributed by atoms with Crippen LogP contribution >= 0.6 is 27.3 Å². The van der Waals surface area contributed by atoms with Crippen LogP contribution in [0.3, 0.4) is 0 Å². The van der Waals surface area contributed by atoms with E-state index in [0.717, 1.165) is 15.1 Å². The maximum Gasteiger partial charge on any atom is 0.243 e. The highest BCUT2D eigenvalue weighted by molar-refractivity contribution is 9.10. The summed E-state index contributed by atoms with van der Waals surface area (Å²) in [5.74, 6) is 0.174. The van der Waals surface area contributed by atoms with Gasteiger partial charge in [0.15, 0.2) is 4.96 Å². The zero-order valence-corrected chi connectivity index (χ0v) is 22.5. The van der Waals surface area contributed by atoms with Crippen molar-refractivity contribution in [2.24, 2.45) is 0 Å². The standard InChI is InChI=1S/C25H20BrFN6O2S2/c26-18-4-6-20(7-5-18)37(34,35)32-12-10-31(11-13-32)24-28-9-8-21(29-24)23-22(17-2-1-3-19(27)16-17)30-25-33(23)14-15-36-25/h1-9,14-16H,10-13H2. The lowest BCUT2D eigenvalue weighted by molar-refractivity contribution is 0.382. The normalized spacial score (nSPS) is 14.9. The largest absolute Gasteiger partial charge is 0.338 e. The summed E-state index contributed by atoms with van der Waals surface area (Å²) in [4.78, 5) is 17.1. The molecule has 1 fully saturated rings. The molecule has 0 radical (unpaired) electrons. The van der Waals surface area contributed by atoms with Gasteiger partial charge in [-0.05, 0) is 42.5 Å². The fourth-order valence-corrected chi connectivity index (χ4v) is 6.78. The van der Waals surface area contributed by atoms with Crippen LogP contribution in [0.4, 0.5) is 10.3 Å². The molecule has 6 rings (SSSR count). The van der Waals surface area contributed by atoms with Crippen molar-refractivity contribution < 1.29 is 12.8 Å². The molecule has 5 aromatic rings. The van der Waals surface area contributed by atoms with Crippen molar-refractivity contribution in [3.8, 4) is 22.6 Å². The Labute approximate surface area is 225 Å². The van der Waals surface area contributed by atoms with Gasteiger partial charge in [-0.2, -0.15) is 4.31 Å². The quantitative estimate of drug-likeness (QED) is 0.285. The van der Waals surface area contributed by atoms with Crippen molar-refractivity contribution >= 4 is 48.2 Å². The van der Waals surface area contributed by atoms with Gasteiger partial charge in [-0.25, -0.2) is 27.8 Å². The second-order valence-corrected chi connectivity index (χ2v) is 12.2. The maximum absolute atomic E-state index is 14.0. The molecule has 0 spiro atoms. The molecule has 12 heteroatoms. The Morgan fingerprint density at radius 1 is 0.973 bits per heavy atom. The highest BCUT2D eigenvalue weighted by Gasteiger charge is 2.29. The molecule has 0 atom stereocenters. The lowest BCUT2D eigenvalue weighted by atomic mass is 10.1. The Morgan fingerprint density at radius 2 is 1.76 bits per heavy atom. The first-order chi connectivity index (χ1) is 17.9. The van der Waals surface area contributed by atoms with Crippen LogP contribution in [-0.2, 0) is 10.0 Å². The third kappa shape index (κ3) is 4.54. The highest BCUT2D eigenvalue weighted by atomic mass is 79.9. The van der Waals surface area contributed by atoms with Crippen molar-refractivity contribution in [2.45, 2.75) is 4.90 Å². The van der Waals surface area contributed by atoms with Gasteiger partial charge in [-0.1, -0.05) is 28.1 Å². The van der Waals surface area contributed by atoms with Crippen molar-refractivity contribution in [2.75, 3.05) is 31.1 Å². The van der Waals surface area contributed by atoms with Gasteiger partial charge in [0.2, 0.25) is 16.0 Å². The molecule has 188 valence electrons. The van der Waals surface area contributed by atoms with E-state index in [1.54, 1.807) is 36.5 Å². The molecule has 3 aromatic heterocycles. The molecule has 1 aliphatic rings. The van der Waals surface area contributed by atoms with Gasteiger partial charge in [0.05, 0.1) is 16.3 Å². The Hall–Kier alpha value is -3.19. The van der Waals surface area contributed by atoms with Crippen molar-refractivity contribution in [3.63, 3.8) is 0 Å². The summed E-state index contributed by atoms with van der Waals surface area (Å²) >= 11 is 4.83. The molecule has 37 heavy (non-hydrogen) atoms. The molecule has 0 aliphatic carbocycles. The van der Waals surface area contributed by atoms with Gasteiger partial charge in [-0.15, -0.1) is 11.3 Å². The molecule has 1 saturated heterocycles. The van der Waals surface area contributed by atoms with Gasteiger partial charge in [0.25, 0.3) is 0 Å². The van der Waals surface area contributed by atoms with Gasteiger partial charge in [-0.3, -0.25) is 4.40 Å². The van der Waals surface area contributed by atoms with E-state index in [9.17, 15) is 12.8 Å². The number of anilines is 1. The Morgan fingerprint density at radius 3 is 2.51 bits per heavy atom. The van der Waals surface area contributed by atoms with Crippen LogP contribution in [0.1, 0.15) is 0 Å². The molecule has 0 N–H and O–H groups in total. The van der Waals surface area contributed by atoms with Gasteiger partial charge < -0.3 is 4.90 Å². The SMILES string of the molecule is O=S(=O)(c1ccc(Br)cc1)N1CCN(c2nccc(-c3c(-c4cccc(F)c4)nc4sccn34)n2)CC1. The summed E-state index contributed by atoms with van der Waals surface area (Å²) in [6.45, 7) is 1.55. The number of benzene rings is 2. The van der Waals surface area contributed by atoms with Gasteiger partial charge >= 0.3 is 0 Å². The van der Waals surface area contributed by atoms with E-state index >= 15 is 0 Å². The topological polar surface area (TPSA) is 83.7 Å². The molecule has 0 bridgehead atoms. The fraction of sp³-hybridized carbons (Fsp3) is 0.160. The molecule has 8 nitrogen and oxygen atoms in total. The first kappa shape index (κ1) is 24.2. The maximum atomic E-state index is 14.0. The number of rotatable bonds is 5. The van der Waals surface area contributed by atoms with E-state index in [1.165, 1.54) is 27.8 Å². The number of nitrogens with zero attached hydrogens (tertiary/aromatic N) is 6. The van der Waals surface area contributed by atoms with Crippen LogP contribution < -0.4 is 4.90 Å².